The molecule has 2 aliphatic heterocycles. The molecule has 2 atom stereocenters. The van der Waals surface area contributed by atoms with E-state index in [1.165, 1.54) is 18.5 Å². The molecule has 0 bridgehead atoms. The van der Waals surface area contributed by atoms with Crippen LogP contribution >= 0.6 is 0 Å². The Labute approximate surface area is 122 Å². The highest BCUT2D eigenvalue weighted by atomic mass is 16.5. The summed E-state index contributed by atoms with van der Waals surface area (Å²) >= 11 is 0. The molecular formula is C17H26N2O. The maximum atomic E-state index is 5.80. The molecule has 2 unspecified atom stereocenters. The van der Waals surface area contributed by atoms with Crippen LogP contribution in [0.4, 0.5) is 0 Å². The fourth-order valence-electron chi connectivity index (χ4n) is 3.48. The third kappa shape index (κ3) is 3.15. The fourth-order valence-corrected chi connectivity index (χ4v) is 3.48. The third-order valence-electron chi connectivity index (χ3n) is 4.37. The molecule has 1 fully saturated rings. The van der Waals surface area contributed by atoms with Gasteiger partial charge in [-0.05, 0) is 18.4 Å². The van der Waals surface area contributed by atoms with Gasteiger partial charge in [0, 0.05) is 43.7 Å². The van der Waals surface area contributed by atoms with Crippen molar-refractivity contribution in [2.24, 2.45) is 5.92 Å². The quantitative estimate of drug-likeness (QED) is 0.913. The van der Waals surface area contributed by atoms with Gasteiger partial charge in [-0.25, -0.2) is 0 Å². The number of nitrogens with one attached hydrogen (secondary N) is 1. The zero-order valence-electron chi connectivity index (χ0n) is 12.6. The number of para-hydroxylation sites is 1. The van der Waals surface area contributed by atoms with Crippen LogP contribution in [0.1, 0.15) is 31.7 Å². The normalized spacial score (nSPS) is 26.6. The van der Waals surface area contributed by atoms with E-state index in [1.54, 1.807) is 0 Å². The third-order valence-corrected chi connectivity index (χ3v) is 4.37. The molecule has 0 saturated carbocycles. The number of hydrogen-bond donors (Lipinski definition) is 1. The van der Waals surface area contributed by atoms with E-state index in [4.69, 9.17) is 4.74 Å². The summed E-state index contributed by atoms with van der Waals surface area (Å²) in [6.07, 6.45) is 1.27. The second-order valence-corrected chi connectivity index (χ2v) is 6.59. The van der Waals surface area contributed by atoms with E-state index in [0.29, 0.717) is 12.0 Å². The van der Waals surface area contributed by atoms with Gasteiger partial charge in [0.15, 0.2) is 0 Å². The molecule has 20 heavy (non-hydrogen) atoms. The van der Waals surface area contributed by atoms with Crippen LogP contribution < -0.4 is 10.1 Å². The van der Waals surface area contributed by atoms with Crippen LogP contribution in [0.15, 0.2) is 24.3 Å². The zero-order valence-corrected chi connectivity index (χ0v) is 12.6. The molecule has 0 spiro atoms. The van der Waals surface area contributed by atoms with Crippen LogP contribution in [0.3, 0.4) is 0 Å². The summed E-state index contributed by atoms with van der Waals surface area (Å²) in [4.78, 5) is 2.61. The molecule has 3 rings (SSSR count). The topological polar surface area (TPSA) is 24.5 Å². The average Bonchev–Trinajstić information content (AvgIpc) is 2.82. The van der Waals surface area contributed by atoms with E-state index in [2.05, 4.69) is 48.3 Å². The van der Waals surface area contributed by atoms with Crippen LogP contribution in [0.2, 0.25) is 0 Å². The van der Waals surface area contributed by atoms with Crippen LogP contribution in [0.5, 0.6) is 5.75 Å². The number of ether oxygens (including phenoxy) is 1. The number of benzene rings is 1. The lowest BCUT2D eigenvalue weighted by atomic mass is 9.98. The van der Waals surface area contributed by atoms with Gasteiger partial charge in [0.1, 0.15) is 5.75 Å². The van der Waals surface area contributed by atoms with E-state index >= 15 is 0 Å². The summed E-state index contributed by atoms with van der Waals surface area (Å²) in [6, 6.07) is 9.15. The standard InChI is InChI=1S/C17H26N2O/c1-13(2)9-15-11-19(8-7-18-15)10-14-12-20-17-6-4-3-5-16(14)17/h3-6,13-15,18H,7-12H2,1-2H3. The van der Waals surface area contributed by atoms with Gasteiger partial charge in [0.2, 0.25) is 0 Å². The van der Waals surface area contributed by atoms with Gasteiger partial charge in [-0.15, -0.1) is 0 Å². The van der Waals surface area contributed by atoms with Crippen molar-refractivity contribution in [1.29, 1.82) is 0 Å². The molecule has 0 aliphatic carbocycles. The van der Waals surface area contributed by atoms with Crippen molar-refractivity contribution in [2.75, 3.05) is 32.8 Å². The number of fused-ring (bicyclic) bond motifs is 1. The average molecular weight is 274 g/mol. The maximum Gasteiger partial charge on any atom is 0.122 e. The van der Waals surface area contributed by atoms with Crippen molar-refractivity contribution in [2.45, 2.75) is 32.2 Å². The van der Waals surface area contributed by atoms with Crippen molar-refractivity contribution in [3.8, 4) is 5.75 Å². The summed E-state index contributed by atoms with van der Waals surface area (Å²) < 4.78 is 5.80. The van der Waals surface area contributed by atoms with Crippen LogP contribution in [0.25, 0.3) is 0 Å². The fraction of sp³-hybridized carbons (Fsp3) is 0.647. The number of piperazine rings is 1. The van der Waals surface area contributed by atoms with Crippen molar-refractivity contribution in [3.05, 3.63) is 29.8 Å². The minimum Gasteiger partial charge on any atom is -0.493 e. The van der Waals surface area contributed by atoms with Crippen molar-refractivity contribution in [3.63, 3.8) is 0 Å². The van der Waals surface area contributed by atoms with Gasteiger partial charge in [0.05, 0.1) is 6.61 Å². The van der Waals surface area contributed by atoms with Gasteiger partial charge in [0.25, 0.3) is 0 Å². The monoisotopic (exact) mass is 274 g/mol. The summed E-state index contributed by atoms with van der Waals surface area (Å²) in [5.41, 5.74) is 1.39. The molecule has 110 valence electrons. The second kappa shape index (κ2) is 6.15. The Morgan fingerprint density at radius 1 is 1.35 bits per heavy atom. The van der Waals surface area contributed by atoms with Gasteiger partial charge >= 0.3 is 0 Å². The molecule has 2 aliphatic rings. The first-order valence-corrected chi connectivity index (χ1v) is 7.90. The molecule has 0 aromatic heterocycles. The molecule has 1 N–H and O–H groups in total. The van der Waals surface area contributed by atoms with E-state index < -0.39 is 0 Å². The molecule has 0 amide bonds. The molecule has 1 saturated heterocycles. The molecule has 2 heterocycles. The molecule has 3 heteroatoms. The molecule has 1 aromatic rings. The predicted octanol–water partition coefficient (Wildman–Crippen LogP) is 2.48. The van der Waals surface area contributed by atoms with Crippen LogP contribution in [-0.4, -0.2) is 43.7 Å². The summed E-state index contributed by atoms with van der Waals surface area (Å²) in [6.45, 7) is 10.0. The zero-order chi connectivity index (χ0) is 13.9. The van der Waals surface area contributed by atoms with Gasteiger partial charge in [-0.1, -0.05) is 32.0 Å². The highest BCUT2D eigenvalue weighted by molar-refractivity contribution is 5.39. The van der Waals surface area contributed by atoms with Gasteiger partial charge in [-0.2, -0.15) is 0 Å². The Morgan fingerprint density at radius 2 is 2.20 bits per heavy atom. The Kier molecular flexibility index (Phi) is 4.27. The summed E-state index contributed by atoms with van der Waals surface area (Å²) in [5.74, 6) is 2.40. The summed E-state index contributed by atoms with van der Waals surface area (Å²) in [7, 11) is 0. The highest BCUT2D eigenvalue weighted by Gasteiger charge is 2.28. The largest absolute Gasteiger partial charge is 0.493 e. The van der Waals surface area contributed by atoms with Gasteiger partial charge < -0.3 is 10.1 Å². The lowest BCUT2D eigenvalue weighted by Crippen LogP contribution is -2.52. The first-order valence-electron chi connectivity index (χ1n) is 7.90. The SMILES string of the molecule is CC(C)CC1CN(CC2COc3ccccc32)CCN1. The van der Waals surface area contributed by atoms with Crippen molar-refractivity contribution < 1.29 is 4.74 Å². The Morgan fingerprint density at radius 3 is 3.05 bits per heavy atom. The molecule has 0 radical (unpaired) electrons. The lowest BCUT2D eigenvalue weighted by molar-refractivity contribution is 0.169. The Bertz CT molecular complexity index is 446. The van der Waals surface area contributed by atoms with Crippen LogP contribution in [-0.2, 0) is 0 Å². The minimum absolute atomic E-state index is 0.545. The van der Waals surface area contributed by atoms with E-state index in [1.807, 2.05) is 0 Å². The van der Waals surface area contributed by atoms with E-state index in [0.717, 1.165) is 37.9 Å². The lowest BCUT2D eigenvalue weighted by Gasteiger charge is -2.35. The minimum atomic E-state index is 0.545. The predicted molar refractivity (Wildman–Crippen MR) is 82.4 cm³/mol. The Hall–Kier alpha value is -1.06. The smallest absolute Gasteiger partial charge is 0.122 e. The highest BCUT2D eigenvalue weighted by Crippen LogP contribution is 2.34. The first kappa shape index (κ1) is 13.9. The van der Waals surface area contributed by atoms with Crippen molar-refractivity contribution in [1.82, 2.24) is 10.2 Å². The van der Waals surface area contributed by atoms with Crippen molar-refractivity contribution >= 4 is 0 Å². The maximum absolute atomic E-state index is 5.80. The number of nitrogens with zero attached hydrogens (tertiary/aromatic N) is 1. The van der Waals surface area contributed by atoms with E-state index in [9.17, 15) is 0 Å². The van der Waals surface area contributed by atoms with E-state index in [-0.39, 0.29) is 0 Å². The second-order valence-electron chi connectivity index (χ2n) is 6.59. The Balaban J connectivity index is 1.58. The van der Waals surface area contributed by atoms with Gasteiger partial charge in [-0.3, -0.25) is 4.90 Å². The number of rotatable bonds is 4. The molecule has 3 nitrogen and oxygen atoms in total. The first-order chi connectivity index (χ1) is 9.72. The summed E-state index contributed by atoms with van der Waals surface area (Å²) in [5, 5.41) is 3.65. The van der Waals surface area contributed by atoms with Crippen LogP contribution in [0, 0.1) is 5.92 Å². The molecular weight excluding hydrogens is 248 g/mol. The molecule has 1 aromatic carbocycles. The number of hydrogen-bond acceptors (Lipinski definition) is 3.